The van der Waals surface area contributed by atoms with E-state index < -0.39 is 24.0 Å². The van der Waals surface area contributed by atoms with Crippen molar-refractivity contribution < 1.29 is 30.0 Å². The Morgan fingerprint density at radius 1 is 0.444 bits per heavy atom. The van der Waals surface area contributed by atoms with Crippen LogP contribution in [0.3, 0.4) is 0 Å². The van der Waals surface area contributed by atoms with Crippen molar-refractivity contribution in [1.29, 1.82) is 0 Å². The number of phenols is 2. The lowest BCUT2D eigenvalue weighted by atomic mass is 9.92. The number of azo groups is 2. The molecule has 0 amide bonds. The normalized spacial score (nSPS) is 12.8. The van der Waals surface area contributed by atoms with E-state index in [0.29, 0.717) is 45.0 Å². The monoisotopic (exact) mass is 716 g/mol. The largest absolute Gasteiger partial charge is 0.507 e. The zero-order valence-corrected chi connectivity index (χ0v) is 28.5. The Morgan fingerprint density at radius 3 is 1.15 bits per heavy atom. The lowest BCUT2D eigenvalue weighted by Crippen LogP contribution is -2.10. The van der Waals surface area contributed by atoms with Crippen LogP contribution in [0, 0.1) is 0 Å². The number of nitrogens with zero attached hydrogens (tertiary/aromatic N) is 6. The van der Waals surface area contributed by atoms with E-state index in [9.17, 15) is 30.0 Å². The van der Waals surface area contributed by atoms with Crippen LogP contribution in [0.25, 0.3) is 0 Å². The molecule has 54 heavy (non-hydrogen) atoms. The number of carbonyl (C=O) groups is 2. The summed E-state index contributed by atoms with van der Waals surface area (Å²) in [6.07, 6.45) is 2.92. The Kier molecular flexibility index (Phi) is 11.4. The molecule has 0 bridgehead atoms. The van der Waals surface area contributed by atoms with Gasteiger partial charge in [0, 0.05) is 23.6 Å². The highest BCUT2D eigenvalue weighted by Gasteiger charge is 2.25. The molecule has 0 saturated carbocycles. The highest BCUT2D eigenvalue weighted by atomic mass is 16.4. The van der Waals surface area contributed by atoms with Crippen LogP contribution in [0.15, 0.2) is 176 Å². The molecular weight excluding hydrogens is 684 g/mol. The fourth-order valence-electron chi connectivity index (χ4n) is 5.30. The molecule has 266 valence electrons. The molecule has 0 saturated heterocycles. The number of phenolic OH excluding ortho intramolecular Hbond substituents is 2. The molecule has 0 aliphatic rings. The van der Waals surface area contributed by atoms with E-state index in [1.54, 1.807) is 72.8 Å². The zero-order chi connectivity index (χ0) is 37.9. The quantitative estimate of drug-likeness (QED) is 0.0679. The van der Waals surface area contributed by atoms with Gasteiger partial charge in [-0.2, -0.15) is 20.5 Å². The van der Waals surface area contributed by atoms with Crippen LogP contribution in [0.1, 0.15) is 55.1 Å². The summed E-state index contributed by atoms with van der Waals surface area (Å²) >= 11 is 0. The van der Waals surface area contributed by atoms with Crippen molar-refractivity contribution in [3.05, 3.63) is 179 Å². The van der Waals surface area contributed by atoms with Gasteiger partial charge in [0.25, 0.3) is 0 Å². The molecule has 12 heteroatoms. The van der Waals surface area contributed by atoms with Crippen molar-refractivity contribution in [2.24, 2.45) is 30.4 Å². The summed E-state index contributed by atoms with van der Waals surface area (Å²) < 4.78 is 0. The van der Waals surface area contributed by atoms with Gasteiger partial charge < -0.3 is 20.4 Å². The van der Waals surface area contributed by atoms with E-state index in [1.165, 1.54) is 48.8 Å². The van der Waals surface area contributed by atoms with Gasteiger partial charge in [-0.1, -0.05) is 60.7 Å². The highest BCUT2D eigenvalue weighted by molar-refractivity contribution is 5.89. The maximum Gasteiger partial charge on any atom is 0.335 e. The predicted molar refractivity (Wildman–Crippen MR) is 205 cm³/mol. The van der Waals surface area contributed by atoms with Crippen LogP contribution < -0.4 is 0 Å². The summed E-state index contributed by atoms with van der Waals surface area (Å²) in [4.78, 5) is 33.2. The lowest BCUT2D eigenvalue weighted by Gasteiger charge is -2.22. The van der Waals surface area contributed by atoms with Gasteiger partial charge in [-0.15, -0.1) is 0 Å². The minimum absolute atomic E-state index is 0.0628. The Morgan fingerprint density at radius 2 is 0.796 bits per heavy atom. The second-order valence-corrected chi connectivity index (χ2v) is 11.9. The van der Waals surface area contributed by atoms with Crippen molar-refractivity contribution in [2.45, 2.75) is 12.1 Å². The third-order valence-corrected chi connectivity index (χ3v) is 8.14. The van der Waals surface area contributed by atoms with Gasteiger partial charge >= 0.3 is 11.9 Å². The Labute approximate surface area is 309 Å². The number of hydrogen-bond acceptors (Lipinski definition) is 10. The van der Waals surface area contributed by atoms with Crippen molar-refractivity contribution in [3.8, 4) is 11.5 Å². The van der Waals surface area contributed by atoms with Crippen molar-refractivity contribution in [3.63, 3.8) is 0 Å². The minimum Gasteiger partial charge on any atom is -0.507 e. The number of hydrogen-bond donors (Lipinski definition) is 4. The predicted octanol–water partition coefficient (Wildman–Crippen LogP) is 10.3. The molecule has 6 rings (SSSR count). The summed E-state index contributed by atoms with van der Waals surface area (Å²) in [6, 6.07) is 38.3. The summed E-state index contributed by atoms with van der Waals surface area (Å²) in [5.41, 5.74) is 4.12. The van der Waals surface area contributed by atoms with Gasteiger partial charge in [-0.3, -0.25) is 9.98 Å². The van der Waals surface area contributed by atoms with E-state index in [4.69, 9.17) is 9.98 Å². The van der Waals surface area contributed by atoms with Gasteiger partial charge in [-0.05, 0) is 96.1 Å². The van der Waals surface area contributed by atoms with Gasteiger partial charge in [0.15, 0.2) is 0 Å². The van der Waals surface area contributed by atoms with Gasteiger partial charge in [-0.25, -0.2) is 9.59 Å². The number of benzene rings is 6. The summed E-state index contributed by atoms with van der Waals surface area (Å²) in [5, 5.41) is 57.8. The second-order valence-electron chi connectivity index (χ2n) is 11.9. The summed E-state index contributed by atoms with van der Waals surface area (Å²) in [6.45, 7) is 0. The molecule has 12 nitrogen and oxygen atoms in total. The number of aliphatic imine (C=N–C) groups is 2. The average Bonchev–Trinajstić information content (AvgIpc) is 3.20. The molecule has 6 aromatic carbocycles. The van der Waals surface area contributed by atoms with E-state index in [1.807, 2.05) is 36.4 Å². The maximum absolute atomic E-state index is 11.7. The van der Waals surface area contributed by atoms with E-state index >= 15 is 0 Å². The molecule has 0 aromatic heterocycles. The molecule has 0 heterocycles. The fourth-order valence-corrected chi connectivity index (χ4v) is 5.30. The molecule has 0 spiro atoms. The summed E-state index contributed by atoms with van der Waals surface area (Å²) in [5.74, 6) is -2.36. The fraction of sp³-hybridized carbons (Fsp3) is 0.0476. The van der Waals surface area contributed by atoms with Crippen molar-refractivity contribution >= 4 is 47.1 Å². The smallest absolute Gasteiger partial charge is 0.335 e. The van der Waals surface area contributed by atoms with Crippen LogP contribution in [-0.4, -0.2) is 44.8 Å². The van der Waals surface area contributed by atoms with Crippen molar-refractivity contribution in [2.75, 3.05) is 0 Å². The first-order valence-corrected chi connectivity index (χ1v) is 16.6. The first-order chi connectivity index (χ1) is 26.2. The summed E-state index contributed by atoms with van der Waals surface area (Å²) in [7, 11) is 0. The lowest BCUT2D eigenvalue weighted by molar-refractivity contribution is 0.0686. The molecule has 0 radical (unpaired) electrons. The molecule has 0 aliphatic heterocycles. The zero-order valence-electron chi connectivity index (χ0n) is 28.5. The number of aromatic carboxylic acids is 2. The topological polar surface area (TPSA) is 189 Å². The number of aromatic hydroxyl groups is 2. The standard InChI is InChI=1S/C42H32N6O6/c49-37-21-19-35(47-45-33-7-3-1-4-8-33)23-31(37)25-43-39(27-11-15-29(16-12-27)41(51)52)40(28-13-17-30(18-14-28)42(53)54)44-26-32-24-36(20-22-38(32)50)48-46-34-9-5-2-6-10-34/h1-26,39-40,49-50H,(H,51,52)(H,53,54)/t39-,40-/m0/s1. The third kappa shape index (κ3) is 9.38. The molecule has 0 aliphatic carbocycles. The maximum atomic E-state index is 11.7. The SMILES string of the molecule is O=C(O)c1ccc([C@H](N=Cc2cc(N=Nc3ccccc3)ccc2O)[C@@H](N=Cc2cc(N=Nc3ccccc3)ccc2O)c2ccc(C(=O)O)cc2)cc1. The van der Waals surface area contributed by atoms with Gasteiger partial charge in [0.1, 0.15) is 23.6 Å². The van der Waals surface area contributed by atoms with E-state index in [2.05, 4.69) is 20.5 Å². The molecule has 6 aromatic rings. The van der Waals surface area contributed by atoms with Crippen LogP contribution in [0.4, 0.5) is 22.7 Å². The molecule has 0 unspecified atom stereocenters. The van der Waals surface area contributed by atoms with Crippen LogP contribution in [0.2, 0.25) is 0 Å². The van der Waals surface area contributed by atoms with Crippen LogP contribution in [0.5, 0.6) is 11.5 Å². The van der Waals surface area contributed by atoms with Crippen molar-refractivity contribution in [1.82, 2.24) is 0 Å². The first-order valence-electron chi connectivity index (χ1n) is 16.6. The number of rotatable bonds is 13. The van der Waals surface area contributed by atoms with Crippen LogP contribution >= 0.6 is 0 Å². The molecule has 2 atom stereocenters. The number of carboxylic acids is 2. The Bertz CT molecular complexity index is 2190. The Balaban J connectivity index is 1.42. The average molecular weight is 717 g/mol. The highest BCUT2D eigenvalue weighted by Crippen LogP contribution is 2.37. The molecule has 0 fully saturated rings. The Hall–Kier alpha value is -7.60. The number of carboxylic acid groups (broad SMARTS) is 2. The molecular formula is C42H32N6O6. The van der Waals surface area contributed by atoms with Gasteiger partial charge in [0.05, 0.1) is 33.9 Å². The minimum atomic E-state index is -1.10. The molecule has 4 N–H and O–H groups in total. The van der Waals surface area contributed by atoms with Crippen LogP contribution in [-0.2, 0) is 0 Å². The van der Waals surface area contributed by atoms with E-state index in [0.717, 1.165) is 0 Å². The first kappa shape index (κ1) is 36.2. The van der Waals surface area contributed by atoms with Gasteiger partial charge in [0.2, 0.25) is 0 Å². The van der Waals surface area contributed by atoms with E-state index in [-0.39, 0.29) is 22.6 Å². The third-order valence-electron chi connectivity index (χ3n) is 8.14. The second kappa shape index (κ2) is 17.1.